The molecule has 0 aliphatic carbocycles. The molecule has 3 rings (SSSR count). The summed E-state index contributed by atoms with van der Waals surface area (Å²) in [5, 5.41) is 10.4. The Hall–Kier alpha value is -2.72. The molecule has 3 aromatic rings. The molecule has 0 bridgehead atoms. The van der Waals surface area contributed by atoms with E-state index in [0.717, 1.165) is 5.56 Å². The molecule has 2 heterocycles. The lowest BCUT2D eigenvalue weighted by Crippen LogP contribution is -2.34. The number of anilines is 1. The minimum atomic E-state index is -4.52. The van der Waals surface area contributed by atoms with Crippen LogP contribution in [0.1, 0.15) is 20.8 Å². The van der Waals surface area contributed by atoms with Crippen molar-refractivity contribution in [3.8, 4) is 10.6 Å². The van der Waals surface area contributed by atoms with Crippen LogP contribution < -0.4 is 10.6 Å². The number of thiazole rings is 1. The molecule has 27 heavy (non-hydrogen) atoms. The predicted molar refractivity (Wildman–Crippen MR) is 98.2 cm³/mol. The summed E-state index contributed by atoms with van der Waals surface area (Å²) in [5.74, 6) is -1.48. The third kappa shape index (κ3) is 4.92. The minimum absolute atomic E-state index is 0.0663. The first-order valence-corrected chi connectivity index (χ1v) is 9.39. The monoisotopic (exact) mass is 411 g/mol. The molecular formula is C17H12F3N3O2S2. The quantitative estimate of drug-likeness (QED) is 0.653. The second-order valence-corrected chi connectivity index (χ2v) is 6.99. The Morgan fingerprint density at radius 3 is 2.56 bits per heavy atom. The maximum Gasteiger partial charge on any atom is 0.405 e. The van der Waals surface area contributed by atoms with Gasteiger partial charge in [0.15, 0.2) is 0 Å². The van der Waals surface area contributed by atoms with E-state index >= 15 is 0 Å². The number of carbonyl (C=O) groups is 2. The summed E-state index contributed by atoms with van der Waals surface area (Å²) in [6.45, 7) is -1.45. The number of alkyl halides is 3. The number of aromatic nitrogens is 1. The molecule has 2 aromatic heterocycles. The van der Waals surface area contributed by atoms with Crippen LogP contribution in [0.15, 0.2) is 46.5 Å². The van der Waals surface area contributed by atoms with Crippen LogP contribution in [0.2, 0.25) is 0 Å². The van der Waals surface area contributed by atoms with Crippen molar-refractivity contribution in [2.24, 2.45) is 0 Å². The van der Waals surface area contributed by atoms with Crippen LogP contribution in [-0.2, 0) is 0 Å². The standard InChI is InChI=1S/C17H12F3N3O2S2/c18-17(19,20)9-21-14(24)11-3-1-2-4-12(11)22-15(25)13-8-27-16(23-13)10-5-6-26-7-10/h1-8H,9H2,(H,21,24)(H,22,25). The van der Waals surface area contributed by atoms with Crippen LogP contribution in [0.25, 0.3) is 10.6 Å². The lowest BCUT2D eigenvalue weighted by atomic mass is 10.1. The normalized spacial score (nSPS) is 11.2. The molecule has 0 atom stereocenters. The number of para-hydroxylation sites is 1. The van der Waals surface area contributed by atoms with E-state index in [4.69, 9.17) is 0 Å². The fourth-order valence-corrected chi connectivity index (χ4v) is 3.66. The fraction of sp³-hybridized carbons (Fsp3) is 0.118. The molecule has 2 amide bonds. The zero-order chi connectivity index (χ0) is 19.4. The Kier molecular flexibility index (Phi) is 5.57. The molecule has 0 saturated heterocycles. The Bertz CT molecular complexity index is 952. The number of carbonyl (C=O) groups excluding carboxylic acids is 2. The van der Waals surface area contributed by atoms with Gasteiger partial charge in [0.2, 0.25) is 0 Å². The molecule has 5 nitrogen and oxygen atoms in total. The lowest BCUT2D eigenvalue weighted by molar-refractivity contribution is -0.123. The van der Waals surface area contributed by atoms with E-state index < -0.39 is 24.5 Å². The van der Waals surface area contributed by atoms with Gasteiger partial charge in [-0.15, -0.1) is 11.3 Å². The van der Waals surface area contributed by atoms with Crippen molar-refractivity contribution in [3.63, 3.8) is 0 Å². The molecule has 0 radical (unpaired) electrons. The molecule has 0 aliphatic heterocycles. The summed E-state index contributed by atoms with van der Waals surface area (Å²) in [6, 6.07) is 7.71. The molecule has 1 aromatic carbocycles. The molecule has 140 valence electrons. The summed E-state index contributed by atoms with van der Waals surface area (Å²) in [7, 11) is 0. The van der Waals surface area contributed by atoms with Crippen molar-refractivity contribution in [2.75, 3.05) is 11.9 Å². The van der Waals surface area contributed by atoms with Crippen molar-refractivity contribution < 1.29 is 22.8 Å². The summed E-state index contributed by atoms with van der Waals surface area (Å²) in [4.78, 5) is 28.7. The van der Waals surface area contributed by atoms with Crippen LogP contribution in [0.5, 0.6) is 0 Å². The Morgan fingerprint density at radius 2 is 1.85 bits per heavy atom. The highest BCUT2D eigenvalue weighted by Gasteiger charge is 2.28. The van der Waals surface area contributed by atoms with Gasteiger partial charge in [0.05, 0.1) is 11.3 Å². The van der Waals surface area contributed by atoms with Crippen molar-refractivity contribution in [3.05, 3.63) is 57.7 Å². The van der Waals surface area contributed by atoms with Gasteiger partial charge < -0.3 is 10.6 Å². The largest absolute Gasteiger partial charge is 0.405 e. The number of benzene rings is 1. The van der Waals surface area contributed by atoms with Crippen LogP contribution in [0.4, 0.5) is 18.9 Å². The molecule has 2 N–H and O–H groups in total. The summed E-state index contributed by atoms with van der Waals surface area (Å²) < 4.78 is 36.9. The first kappa shape index (κ1) is 19.1. The molecule has 0 spiro atoms. The van der Waals surface area contributed by atoms with Gasteiger partial charge in [-0.2, -0.15) is 24.5 Å². The lowest BCUT2D eigenvalue weighted by Gasteiger charge is -2.12. The molecule has 10 heteroatoms. The van der Waals surface area contributed by atoms with Crippen LogP contribution in [-0.4, -0.2) is 29.5 Å². The van der Waals surface area contributed by atoms with Gasteiger partial charge in [-0.1, -0.05) is 12.1 Å². The minimum Gasteiger partial charge on any atom is -0.343 e. The Labute approximate surface area is 159 Å². The first-order valence-electron chi connectivity index (χ1n) is 7.57. The number of rotatable bonds is 5. The number of hydrogen-bond acceptors (Lipinski definition) is 5. The fourth-order valence-electron chi connectivity index (χ4n) is 2.15. The molecule has 0 aliphatic rings. The third-order valence-electron chi connectivity index (χ3n) is 3.37. The SMILES string of the molecule is O=C(Nc1ccccc1C(=O)NCC(F)(F)F)c1csc(-c2ccsc2)n1. The molecule has 0 unspecified atom stereocenters. The van der Waals surface area contributed by atoms with Crippen molar-refractivity contribution >= 4 is 40.2 Å². The number of nitrogens with zero attached hydrogens (tertiary/aromatic N) is 1. The summed E-state index contributed by atoms with van der Waals surface area (Å²) in [5.41, 5.74) is 1.10. The van der Waals surface area contributed by atoms with Crippen molar-refractivity contribution in [1.29, 1.82) is 0 Å². The van der Waals surface area contributed by atoms with Gasteiger partial charge in [-0.25, -0.2) is 4.98 Å². The first-order chi connectivity index (χ1) is 12.8. The maximum absolute atomic E-state index is 12.4. The third-order valence-corrected chi connectivity index (χ3v) is 4.95. The number of halogens is 3. The second kappa shape index (κ2) is 7.89. The highest BCUT2D eigenvalue weighted by atomic mass is 32.1. The van der Waals surface area contributed by atoms with Gasteiger partial charge in [-0.3, -0.25) is 9.59 Å². The van der Waals surface area contributed by atoms with E-state index in [-0.39, 0.29) is 16.9 Å². The van der Waals surface area contributed by atoms with Crippen LogP contribution in [0.3, 0.4) is 0 Å². The van der Waals surface area contributed by atoms with E-state index in [2.05, 4.69) is 10.3 Å². The van der Waals surface area contributed by atoms with Crippen molar-refractivity contribution in [1.82, 2.24) is 10.3 Å². The highest BCUT2D eigenvalue weighted by molar-refractivity contribution is 7.14. The van der Waals surface area contributed by atoms with Crippen LogP contribution >= 0.6 is 22.7 Å². The average Bonchev–Trinajstić information content (AvgIpc) is 3.30. The topological polar surface area (TPSA) is 71.1 Å². The number of nitrogens with one attached hydrogen (secondary N) is 2. The Balaban J connectivity index is 1.74. The predicted octanol–water partition coefficient (Wildman–Crippen LogP) is 4.42. The summed E-state index contributed by atoms with van der Waals surface area (Å²) in [6.07, 6.45) is -4.52. The Morgan fingerprint density at radius 1 is 1.07 bits per heavy atom. The van der Waals surface area contributed by atoms with E-state index in [1.54, 1.807) is 16.8 Å². The summed E-state index contributed by atoms with van der Waals surface area (Å²) >= 11 is 2.81. The smallest absolute Gasteiger partial charge is 0.343 e. The van der Waals surface area contributed by atoms with Gasteiger partial charge in [-0.05, 0) is 23.6 Å². The van der Waals surface area contributed by atoms with E-state index in [1.807, 2.05) is 16.8 Å². The van der Waals surface area contributed by atoms with Crippen molar-refractivity contribution in [2.45, 2.75) is 6.18 Å². The molecular weight excluding hydrogens is 399 g/mol. The van der Waals surface area contributed by atoms with Gasteiger partial charge in [0.25, 0.3) is 11.8 Å². The number of hydrogen-bond donors (Lipinski definition) is 2. The van der Waals surface area contributed by atoms with E-state index in [9.17, 15) is 22.8 Å². The van der Waals surface area contributed by atoms with E-state index in [1.165, 1.54) is 40.9 Å². The second-order valence-electron chi connectivity index (χ2n) is 5.35. The van der Waals surface area contributed by atoms with Crippen LogP contribution in [0, 0.1) is 0 Å². The zero-order valence-corrected chi connectivity index (χ0v) is 15.2. The van der Waals surface area contributed by atoms with E-state index in [0.29, 0.717) is 5.01 Å². The maximum atomic E-state index is 12.4. The average molecular weight is 411 g/mol. The molecule has 0 saturated carbocycles. The van der Waals surface area contributed by atoms with Gasteiger partial charge in [0, 0.05) is 16.3 Å². The molecule has 0 fully saturated rings. The number of thiophene rings is 1. The zero-order valence-electron chi connectivity index (χ0n) is 13.5. The number of amides is 2. The van der Waals surface area contributed by atoms with Gasteiger partial charge >= 0.3 is 6.18 Å². The van der Waals surface area contributed by atoms with Gasteiger partial charge in [0.1, 0.15) is 17.2 Å². The highest BCUT2D eigenvalue weighted by Crippen LogP contribution is 2.26.